The Morgan fingerprint density at radius 3 is 2.23 bits per heavy atom. The predicted molar refractivity (Wildman–Crippen MR) is 121 cm³/mol. The maximum absolute atomic E-state index is 13.5. The quantitative estimate of drug-likeness (QED) is 0.139. The lowest BCUT2D eigenvalue weighted by atomic mass is 9.98. The summed E-state index contributed by atoms with van der Waals surface area (Å²) in [5, 5.41) is 0.535. The third-order valence-corrected chi connectivity index (χ3v) is 6.52. The van der Waals surface area contributed by atoms with Gasteiger partial charge in [0.25, 0.3) is 0 Å². The normalized spacial score (nSPS) is 15.1. The van der Waals surface area contributed by atoms with Crippen molar-refractivity contribution < 1.29 is 14.0 Å². The van der Waals surface area contributed by atoms with E-state index in [1.807, 2.05) is 36.2 Å². The number of carbonyl (C=O) groups is 2. The van der Waals surface area contributed by atoms with E-state index >= 15 is 0 Å². The maximum Gasteiger partial charge on any atom is 0.234 e. The summed E-state index contributed by atoms with van der Waals surface area (Å²) in [6.07, 6.45) is 1.40. The molecule has 2 aromatic carbocycles. The minimum atomic E-state index is -1.60. The Morgan fingerprint density at radius 1 is 0.933 bits per heavy atom. The number of nitrogens with zero attached hydrogens (tertiary/aromatic N) is 1. The number of allylic oxidation sites excluding steroid dienone is 1. The van der Waals surface area contributed by atoms with E-state index in [1.54, 1.807) is 30.3 Å². The van der Waals surface area contributed by atoms with Gasteiger partial charge in [-0.25, -0.2) is 0 Å². The lowest BCUT2D eigenvalue weighted by Gasteiger charge is -2.17. The summed E-state index contributed by atoms with van der Waals surface area (Å²) in [7, 11) is 1.82. The van der Waals surface area contributed by atoms with Gasteiger partial charge in [0.1, 0.15) is 5.57 Å². The van der Waals surface area contributed by atoms with Gasteiger partial charge in [-0.15, -0.1) is 0 Å². The third kappa shape index (κ3) is 3.91. The van der Waals surface area contributed by atoms with E-state index < -0.39 is 15.4 Å². The van der Waals surface area contributed by atoms with Crippen LogP contribution in [-0.2, 0) is 3.79 Å². The molecule has 4 rings (SSSR count). The average Bonchev–Trinajstić information content (AvgIpc) is 3.37. The summed E-state index contributed by atoms with van der Waals surface area (Å²) in [6.45, 7) is 0. The number of furan rings is 1. The Labute approximate surface area is 192 Å². The molecule has 3 aromatic rings. The van der Waals surface area contributed by atoms with Crippen molar-refractivity contribution >= 4 is 63.8 Å². The Bertz CT molecular complexity index is 1150. The van der Waals surface area contributed by atoms with Gasteiger partial charge in [0, 0.05) is 23.1 Å². The second-order valence-corrected chi connectivity index (χ2v) is 9.83. The number of Topliss-reactive ketones (excluding diaryl/α,β-unsaturated/α-hetero) is 2. The smallest absolute Gasteiger partial charge is 0.234 e. The standard InChI is InChI=1S/C22H14Cl3NO3S/c1-26-15-5-2-3-7-17(15)30-21(26)18(20(28)16-6-4-12-29-16)19(27)13-8-10-14(11-9-13)22(23,24)25/h2-12H,1H3/b21-18+. The Morgan fingerprint density at radius 2 is 1.63 bits per heavy atom. The van der Waals surface area contributed by atoms with Crippen LogP contribution < -0.4 is 4.90 Å². The molecule has 0 saturated heterocycles. The average molecular weight is 479 g/mol. The zero-order valence-corrected chi connectivity index (χ0v) is 18.6. The van der Waals surface area contributed by atoms with Gasteiger partial charge in [-0.1, -0.05) is 83.0 Å². The largest absolute Gasteiger partial charge is 0.461 e. The molecular weight excluding hydrogens is 465 g/mol. The number of para-hydroxylation sites is 1. The molecular formula is C22H14Cl3NO3S. The van der Waals surface area contributed by atoms with Crippen molar-refractivity contribution in [2.24, 2.45) is 0 Å². The molecule has 0 bridgehead atoms. The number of halogens is 3. The molecule has 1 aromatic heterocycles. The molecule has 0 radical (unpaired) electrons. The van der Waals surface area contributed by atoms with E-state index in [1.165, 1.54) is 24.1 Å². The zero-order chi connectivity index (χ0) is 21.5. The highest BCUT2D eigenvalue weighted by Gasteiger charge is 2.34. The second-order valence-electron chi connectivity index (χ2n) is 6.52. The van der Waals surface area contributed by atoms with Crippen molar-refractivity contribution in [2.45, 2.75) is 8.69 Å². The zero-order valence-electron chi connectivity index (χ0n) is 15.6. The first-order chi connectivity index (χ1) is 14.3. The van der Waals surface area contributed by atoms with Crippen LogP contribution in [0.2, 0.25) is 0 Å². The summed E-state index contributed by atoms with van der Waals surface area (Å²) in [5.74, 6) is -0.833. The lowest BCUT2D eigenvalue weighted by molar-refractivity contribution is 0.0946. The highest BCUT2D eigenvalue weighted by atomic mass is 35.6. The molecule has 0 fully saturated rings. The summed E-state index contributed by atoms with van der Waals surface area (Å²) in [4.78, 5) is 29.5. The van der Waals surface area contributed by atoms with Crippen LogP contribution in [0.25, 0.3) is 0 Å². The number of fused-ring (bicyclic) bond motifs is 1. The van der Waals surface area contributed by atoms with Crippen LogP contribution in [0.5, 0.6) is 0 Å². The predicted octanol–water partition coefficient (Wildman–Crippen LogP) is 6.63. The fraction of sp³-hybridized carbons (Fsp3) is 0.0909. The molecule has 0 atom stereocenters. The van der Waals surface area contributed by atoms with Crippen molar-refractivity contribution in [3.63, 3.8) is 0 Å². The molecule has 30 heavy (non-hydrogen) atoms. The van der Waals surface area contributed by atoms with Crippen molar-refractivity contribution in [3.05, 3.63) is 94.4 Å². The minimum absolute atomic E-state index is 0.0234. The van der Waals surface area contributed by atoms with E-state index in [-0.39, 0.29) is 11.3 Å². The van der Waals surface area contributed by atoms with Gasteiger partial charge < -0.3 is 9.32 Å². The highest BCUT2D eigenvalue weighted by molar-refractivity contribution is 8.03. The molecule has 1 aliphatic rings. The molecule has 0 saturated carbocycles. The number of rotatable bonds is 4. The van der Waals surface area contributed by atoms with E-state index in [0.29, 0.717) is 16.2 Å². The monoisotopic (exact) mass is 477 g/mol. The molecule has 0 spiro atoms. The number of hydrogen-bond donors (Lipinski definition) is 0. The van der Waals surface area contributed by atoms with E-state index in [2.05, 4.69) is 0 Å². The van der Waals surface area contributed by atoms with Crippen LogP contribution >= 0.6 is 46.6 Å². The van der Waals surface area contributed by atoms with Crippen LogP contribution in [0.3, 0.4) is 0 Å². The van der Waals surface area contributed by atoms with Gasteiger partial charge in [0.05, 0.1) is 17.0 Å². The first kappa shape index (κ1) is 21.1. The van der Waals surface area contributed by atoms with Gasteiger partial charge in [0.2, 0.25) is 9.58 Å². The molecule has 8 heteroatoms. The minimum Gasteiger partial charge on any atom is -0.461 e. The van der Waals surface area contributed by atoms with Gasteiger partial charge in [-0.05, 0) is 24.3 Å². The lowest BCUT2D eigenvalue weighted by Crippen LogP contribution is -2.21. The number of hydrogen-bond acceptors (Lipinski definition) is 5. The van der Waals surface area contributed by atoms with Crippen molar-refractivity contribution in [2.75, 3.05) is 11.9 Å². The number of thioether (sulfide) groups is 1. The number of benzene rings is 2. The molecule has 0 unspecified atom stereocenters. The summed E-state index contributed by atoms with van der Waals surface area (Å²) in [5.41, 5.74) is 1.67. The Balaban J connectivity index is 1.81. The number of anilines is 1. The van der Waals surface area contributed by atoms with Crippen LogP contribution in [0.15, 0.2) is 86.8 Å². The summed E-state index contributed by atoms with van der Waals surface area (Å²) < 4.78 is 3.68. The fourth-order valence-corrected chi connectivity index (χ4v) is 4.67. The van der Waals surface area contributed by atoms with Crippen molar-refractivity contribution in [1.82, 2.24) is 0 Å². The SMILES string of the molecule is CN1/C(=C(/C(=O)c2ccc(C(Cl)(Cl)Cl)cc2)C(=O)c2ccco2)Sc2ccccc21. The van der Waals surface area contributed by atoms with E-state index in [0.717, 1.165) is 10.6 Å². The molecule has 0 aliphatic carbocycles. The van der Waals surface area contributed by atoms with Crippen LogP contribution in [0.4, 0.5) is 5.69 Å². The van der Waals surface area contributed by atoms with E-state index in [4.69, 9.17) is 39.2 Å². The Hall–Kier alpha value is -2.18. The van der Waals surface area contributed by atoms with Gasteiger partial charge in [-0.3, -0.25) is 9.59 Å². The summed E-state index contributed by atoms with van der Waals surface area (Å²) in [6, 6.07) is 17.0. The second kappa shape index (κ2) is 8.16. The number of alkyl halides is 3. The molecule has 1 aliphatic heterocycles. The van der Waals surface area contributed by atoms with E-state index in [9.17, 15) is 9.59 Å². The first-order valence-electron chi connectivity index (χ1n) is 8.82. The van der Waals surface area contributed by atoms with Crippen molar-refractivity contribution in [1.29, 1.82) is 0 Å². The van der Waals surface area contributed by atoms with Gasteiger partial charge in [0.15, 0.2) is 11.5 Å². The van der Waals surface area contributed by atoms with Gasteiger partial charge in [-0.2, -0.15) is 0 Å². The molecule has 4 nitrogen and oxygen atoms in total. The topological polar surface area (TPSA) is 50.5 Å². The fourth-order valence-electron chi connectivity index (χ4n) is 3.10. The van der Waals surface area contributed by atoms with Crippen molar-refractivity contribution in [3.8, 4) is 0 Å². The Kier molecular flexibility index (Phi) is 5.73. The van der Waals surface area contributed by atoms with Crippen LogP contribution in [-0.4, -0.2) is 18.6 Å². The van der Waals surface area contributed by atoms with Gasteiger partial charge >= 0.3 is 0 Å². The van der Waals surface area contributed by atoms with Crippen LogP contribution in [0, 0.1) is 0 Å². The first-order valence-corrected chi connectivity index (χ1v) is 10.8. The molecule has 152 valence electrons. The number of ketones is 2. The number of carbonyl (C=O) groups excluding carboxylic acids is 2. The third-order valence-electron chi connectivity index (χ3n) is 4.63. The molecule has 0 N–H and O–H groups in total. The maximum atomic E-state index is 13.5. The van der Waals surface area contributed by atoms with Crippen LogP contribution in [0.1, 0.15) is 26.5 Å². The molecule has 0 amide bonds. The summed E-state index contributed by atoms with van der Waals surface area (Å²) >= 11 is 19.1. The highest BCUT2D eigenvalue weighted by Crippen LogP contribution is 2.47. The molecule has 2 heterocycles.